The minimum atomic E-state index is -1.31. The van der Waals surface area contributed by atoms with E-state index in [1.807, 2.05) is 76.2 Å². The molecule has 2 heterocycles. The lowest BCUT2D eigenvalue weighted by Crippen LogP contribution is -2.58. The Bertz CT molecular complexity index is 1170. The first kappa shape index (κ1) is 22.0. The van der Waals surface area contributed by atoms with Crippen molar-refractivity contribution in [1.82, 2.24) is 15.2 Å². The summed E-state index contributed by atoms with van der Waals surface area (Å²) in [4.78, 5) is 33.6. The largest absolute Gasteiger partial charge is 0.497 e. The van der Waals surface area contributed by atoms with Gasteiger partial charge in [0.05, 0.1) is 17.3 Å². The quantitative estimate of drug-likeness (QED) is 0.627. The van der Waals surface area contributed by atoms with Crippen molar-refractivity contribution in [3.05, 3.63) is 70.8 Å². The maximum atomic E-state index is 13.9. The van der Waals surface area contributed by atoms with E-state index in [-0.39, 0.29) is 18.4 Å². The van der Waals surface area contributed by atoms with Crippen LogP contribution in [0.5, 0.6) is 5.75 Å². The Morgan fingerprint density at radius 2 is 1.84 bits per heavy atom. The van der Waals surface area contributed by atoms with Crippen LogP contribution in [0.25, 0.3) is 10.2 Å². The van der Waals surface area contributed by atoms with Gasteiger partial charge in [-0.15, -0.1) is 11.3 Å². The number of hydrogen-bond acceptors (Lipinski definition) is 5. The number of amides is 2. The van der Waals surface area contributed by atoms with Crippen molar-refractivity contribution in [3.8, 4) is 5.75 Å². The zero-order valence-corrected chi connectivity index (χ0v) is 19.7. The van der Waals surface area contributed by atoms with Gasteiger partial charge in [0.15, 0.2) is 5.54 Å². The molecule has 0 fully saturated rings. The lowest BCUT2D eigenvalue weighted by molar-refractivity contribution is -0.142. The number of thiazole rings is 1. The molecule has 1 aromatic heterocycles. The van der Waals surface area contributed by atoms with Gasteiger partial charge in [0.25, 0.3) is 5.91 Å². The molecule has 2 aromatic carbocycles. The number of carbonyl (C=O) groups is 2. The fourth-order valence-corrected chi connectivity index (χ4v) is 5.23. The van der Waals surface area contributed by atoms with Crippen LogP contribution in [-0.4, -0.2) is 34.3 Å². The predicted molar refractivity (Wildman–Crippen MR) is 126 cm³/mol. The van der Waals surface area contributed by atoms with Gasteiger partial charge >= 0.3 is 0 Å². The first-order valence-electron chi connectivity index (χ1n) is 10.5. The van der Waals surface area contributed by atoms with Gasteiger partial charge < -0.3 is 15.0 Å². The third-order valence-electron chi connectivity index (χ3n) is 5.50. The maximum Gasteiger partial charge on any atom is 0.257 e. The number of ether oxygens (including phenoxy) is 1. The molecule has 0 aliphatic carbocycles. The average molecular weight is 450 g/mol. The van der Waals surface area contributed by atoms with Crippen LogP contribution in [0.15, 0.2) is 60.2 Å². The average Bonchev–Trinajstić information content (AvgIpc) is 3.26. The van der Waals surface area contributed by atoms with Crippen molar-refractivity contribution in [3.63, 3.8) is 0 Å². The molecule has 4 rings (SSSR count). The zero-order chi connectivity index (χ0) is 23.1. The summed E-state index contributed by atoms with van der Waals surface area (Å²) >= 11 is 1.45. The van der Waals surface area contributed by atoms with Gasteiger partial charge in [-0.3, -0.25) is 9.59 Å². The van der Waals surface area contributed by atoms with Gasteiger partial charge in [-0.25, -0.2) is 4.98 Å². The fourth-order valence-electron chi connectivity index (χ4n) is 4.00. The van der Waals surface area contributed by atoms with E-state index >= 15 is 0 Å². The Hall–Kier alpha value is -3.19. The number of rotatable bonds is 5. The normalized spacial score (nSPS) is 18.7. The first-order valence-corrected chi connectivity index (χ1v) is 11.3. The van der Waals surface area contributed by atoms with Crippen LogP contribution in [0.2, 0.25) is 0 Å². The molecule has 1 aliphatic rings. The highest BCUT2D eigenvalue weighted by molar-refractivity contribution is 7.18. The first-order chi connectivity index (χ1) is 15.1. The molecule has 0 saturated heterocycles. The maximum absolute atomic E-state index is 13.9. The highest BCUT2D eigenvalue weighted by Crippen LogP contribution is 2.45. The monoisotopic (exact) mass is 449 g/mol. The van der Waals surface area contributed by atoms with E-state index in [2.05, 4.69) is 5.32 Å². The van der Waals surface area contributed by atoms with Gasteiger partial charge in [0, 0.05) is 18.2 Å². The van der Waals surface area contributed by atoms with Gasteiger partial charge in [-0.05, 0) is 63.1 Å². The SMILES string of the molecule is COc1ccc(CN2C(=O)C=C(C)C2(C(=O)NC(C)(C)C)c2nc3ccccc3s2)cc1. The highest BCUT2D eigenvalue weighted by Gasteiger charge is 2.55. The summed E-state index contributed by atoms with van der Waals surface area (Å²) in [6.45, 7) is 7.89. The Balaban J connectivity index is 1.87. The van der Waals surface area contributed by atoms with Crippen LogP contribution in [-0.2, 0) is 21.7 Å². The molecular weight excluding hydrogens is 422 g/mol. The van der Waals surface area contributed by atoms with Gasteiger partial charge in [-0.1, -0.05) is 24.3 Å². The van der Waals surface area contributed by atoms with E-state index in [4.69, 9.17) is 9.72 Å². The molecule has 1 N–H and O–H groups in total. The Labute approximate surface area is 191 Å². The van der Waals surface area contributed by atoms with Crippen molar-refractivity contribution in [2.75, 3.05) is 7.11 Å². The van der Waals surface area contributed by atoms with Gasteiger partial charge in [0.2, 0.25) is 5.91 Å². The van der Waals surface area contributed by atoms with Crippen molar-refractivity contribution in [1.29, 1.82) is 0 Å². The van der Waals surface area contributed by atoms with Crippen LogP contribution in [0.1, 0.15) is 38.3 Å². The number of aromatic nitrogens is 1. The Kier molecular flexibility index (Phi) is 5.54. The molecule has 1 aliphatic heterocycles. The van der Waals surface area contributed by atoms with E-state index in [0.29, 0.717) is 10.6 Å². The molecule has 7 heteroatoms. The van der Waals surface area contributed by atoms with Crippen LogP contribution in [0.4, 0.5) is 0 Å². The molecule has 2 amide bonds. The number of para-hydroxylation sites is 1. The minimum Gasteiger partial charge on any atom is -0.497 e. The molecule has 0 saturated carbocycles. The molecule has 32 heavy (non-hydrogen) atoms. The Morgan fingerprint density at radius 1 is 1.16 bits per heavy atom. The molecule has 166 valence electrons. The summed E-state index contributed by atoms with van der Waals surface area (Å²) < 4.78 is 6.23. The summed E-state index contributed by atoms with van der Waals surface area (Å²) in [7, 11) is 1.61. The number of hydrogen-bond donors (Lipinski definition) is 1. The summed E-state index contributed by atoms with van der Waals surface area (Å²) in [5.41, 5.74) is 0.590. The standard InChI is InChI=1S/C25H27N3O3S/c1-16-14-21(29)28(15-17-10-12-18(31-5)13-11-17)25(16,22(30)27-24(2,3)4)23-26-19-8-6-7-9-20(19)32-23/h6-14H,15H2,1-5H3,(H,27,30). The number of nitrogens with zero attached hydrogens (tertiary/aromatic N) is 2. The predicted octanol–water partition coefficient (Wildman–Crippen LogP) is 4.40. The van der Waals surface area contributed by atoms with E-state index in [1.54, 1.807) is 18.1 Å². The number of fused-ring (bicyclic) bond motifs is 1. The van der Waals surface area contributed by atoms with Crippen LogP contribution < -0.4 is 10.1 Å². The number of carbonyl (C=O) groups excluding carboxylic acids is 2. The Morgan fingerprint density at radius 3 is 2.47 bits per heavy atom. The summed E-state index contributed by atoms with van der Waals surface area (Å²) in [6, 6.07) is 15.3. The number of methoxy groups -OCH3 is 1. The number of benzene rings is 2. The second kappa shape index (κ2) is 8.06. The highest BCUT2D eigenvalue weighted by atomic mass is 32.1. The third-order valence-corrected chi connectivity index (χ3v) is 6.65. The number of nitrogens with one attached hydrogen (secondary N) is 1. The lowest BCUT2D eigenvalue weighted by atomic mass is 9.89. The summed E-state index contributed by atoms with van der Waals surface area (Å²) in [6.07, 6.45) is 1.55. The van der Waals surface area contributed by atoms with E-state index < -0.39 is 11.1 Å². The summed E-state index contributed by atoms with van der Waals surface area (Å²) in [5.74, 6) is 0.275. The van der Waals surface area contributed by atoms with Crippen molar-refractivity contribution in [2.24, 2.45) is 0 Å². The van der Waals surface area contributed by atoms with E-state index in [9.17, 15) is 9.59 Å². The second-order valence-corrected chi connectivity index (χ2v) is 10.0. The minimum absolute atomic E-state index is 0.207. The molecular formula is C25H27N3O3S. The van der Waals surface area contributed by atoms with Crippen molar-refractivity contribution in [2.45, 2.75) is 45.3 Å². The molecule has 1 atom stereocenters. The van der Waals surface area contributed by atoms with Crippen molar-refractivity contribution >= 4 is 33.4 Å². The molecule has 0 radical (unpaired) electrons. The molecule has 1 unspecified atom stereocenters. The van der Waals surface area contributed by atoms with E-state index in [0.717, 1.165) is 21.5 Å². The fraction of sp³-hybridized carbons (Fsp3) is 0.320. The molecule has 0 spiro atoms. The summed E-state index contributed by atoms with van der Waals surface area (Å²) in [5, 5.41) is 3.69. The van der Waals surface area contributed by atoms with Crippen LogP contribution in [0.3, 0.4) is 0 Å². The zero-order valence-electron chi connectivity index (χ0n) is 18.9. The smallest absolute Gasteiger partial charge is 0.257 e. The van der Waals surface area contributed by atoms with E-state index in [1.165, 1.54) is 11.3 Å². The second-order valence-electron chi connectivity index (χ2n) is 9.00. The molecule has 6 nitrogen and oxygen atoms in total. The molecule has 3 aromatic rings. The topological polar surface area (TPSA) is 71.5 Å². The lowest BCUT2D eigenvalue weighted by Gasteiger charge is -2.39. The van der Waals surface area contributed by atoms with Gasteiger partial charge in [-0.2, -0.15) is 0 Å². The molecule has 0 bridgehead atoms. The van der Waals surface area contributed by atoms with Gasteiger partial charge in [0.1, 0.15) is 10.8 Å². The van der Waals surface area contributed by atoms with Crippen molar-refractivity contribution < 1.29 is 14.3 Å². The van der Waals surface area contributed by atoms with Crippen LogP contribution >= 0.6 is 11.3 Å². The van der Waals surface area contributed by atoms with Crippen LogP contribution in [0, 0.1) is 0 Å². The third kappa shape index (κ3) is 3.77.